The third-order valence-corrected chi connectivity index (χ3v) is 5.26. The Kier molecular flexibility index (Phi) is 21.4. The van der Waals surface area contributed by atoms with Gasteiger partial charge in [-0.25, -0.2) is 0 Å². The van der Waals surface area contributed by atoms with Gasteiger partial charge in [-0.3, -0.25) is 4.79 Å². The molecule has 0 spiro atoms. The molecule has 0 unspecified atom stereocenters. The maximum absolute atomic E-state index is 12.4. The number of carbonyl (C=O) groups excluding carboxylic acids is 1. The molecule has 0 saturated heterocycles. The van der Waals surface area contributed by atoms with Gasteiger partial charge in [-0.15, -0.1) is 0 Å². The molecule has 0 aliphatic carbocycles. The van der Waals surface area contributed by atoms with E-state index in [-0.39, 0.29) is 0 Å². The highest BCUT2D eigenvalue weighted by molar-refractivity contribution is 5.76. The molecule has 0 heterocycles. The average molecular weight is 392 g/mol. The van der Waals surface area contributed by atoms with Crippen LogP contribution in [-0.2, 0) is 4.79 Å². The maximum Gasteiger partial charge on any atom is 0.222 e. The summed E-state index contributed by atoms with van der Waals surface area (Å²) < 4.78 is 0. The van der Waals surface area contributed by atoms with Gasteiger partial charge < -0.3 is 4.90 Å². The summed E-state index contributed by atoms with van der Waals surface area (Å²) in [5, 5.41) is 0. The van der Waals surface area contributed by atoms with Gasteiger partial charge in [0.25, 0.3) is 0 Å². The third-order valence-electron chi connectivity index (χ3n) is 5.26. The van der Waals surface area contributed by atoms with Crippen LogP contribution in [0.1, 0.15) is 124 Å². The summed E-state index contributed by atoms with van der Waals surface area (Å²) in [6.07, 6.45) is 28.2. The number of carbonyl (C=O) groups is 1. The molecule has 0 aromatic rings. The molecule has 0 bridgehead atoms. The summed E-state index contributed by atoms with van der Waals surface area (Å²) in [5.74, 6) is 0.382. The number of hydrogen-bond donors (Lipinski definition) is 0. The molecule has 1 amide bonds. The van der Waals surface area contributed by atoms with Crippen LogP contribution in [0.4, 0.5) is 0 Å². The van der Waals surface area contributed by atoms with Gasteiger partial charge in [-0.2, -0.15) is 0 Å². The molecule has 28 heavy (non-hydrogen) atoms. The summed E-state index contributed by atoms with van der Waals surface area (Å²) in [5.41, 5.74) is 0. The Morgan fingerprint density at radius 3 is 1.68 bits per heavy atom. The first-order chi connectivity index (χ1) is 13.8. The fraction of sp³-hybridized carbons (Fsp3) is 0.808. The predicted octanol–water partition coefficient (Wildman–Crippen LogP) is 8.23. The van der Waals surface area contributed by atoms with E-state index in [1.807, 2.05) is 0 Å². The zero-order valence-corrected chi connectivity index (χ0v) is 19.4. The van der Waals surface area contributed by atoms with Crippen LogP contribution in [0.5, 0.6) is 0 Å². The first kappa shape index (κ1) is 27.0. The monoisotopic (exact) mass is 391 g/mol. The van der Waals surface area contributed by atoms with Crippen LogP contribution in [0, 0.1) is 0 Å². The number of rotatable bonds is 20. The van der Waals surface area contributed by atoms with Gasteiger partial charge in [0.15, 0.2) is 0 Å². The molecule has 164 valence electrons. The number of hydrogen-bond acceptors (Lipinski definition) is 1. The number of allylic oxidation sites excluding steroid dienone is 4. The maximum atomic E-state index is 12.4. The Hall–Kier alpha value is -1.05. The highest BCUT2D eigenvalue weighted by Gasteiger charge is 2.11. The van der Waals surface area contributed by atoms with Gasteiger partial charge in [-0.05, 0) is 51.4 Å². The fourth-order valence-electron chi connectivity index (χ4n) is 3.30. The van der Waals surface area contributed by atoms with Crippen molar-refractivity contribution in [2.24, 2.45) is 0 Å². The highest BCUT2D eigenvalue weighted by Crippen LogP contribution is 2.10. The number of amides is 1. The van der Waals surface area contributed by atoms with E-state index in [9.17, 15) is 4.79 Å². The Bertz CT molecular complexity index is 378. The summed E-state index contributed by atoms with van der Waals surface area (Å²) in [6.45, 7) is 8.56. The lowest BCUT2D eigenvalue weighted by Gasteiger charge is -2.22. The molecule has 0 fully saturated rings. The molecule has 0 radical (unpaired) electrons. The van der Waals surface area contributed by atoms with Crippen molar-refractivity contribution in [2.45, 2.75) is 124 Å². The van der Waals surface area contributed by atoms with E-state index in [0.717, 1.165) is 45.2 Å². The molecular weight excluding hydrogens is 342 g/mol. The lowest BCUT2D eigenvalue weighted by molar-refractivity contribution is -0.131. The minimum atomic E-state index is 0.382. The smallest absolute Gasteiger partial charge is 0.222 e. The molecule has 0 aromatic heterocycles. The van der Waals surface area contributed by atoms with Gasteiger partial charge in [0.1, 0.15) is 0 Å². The molecule has 2 heteroatoms. The zero-order valence-electron chi connectivity index (χ0n) is 19.4. The lowest BCUT2D eigenvalue weighted by atomic mass is 10.1. The van der Waals surface area contributed by atoms with E-state index in [0.29, 0.717) is 5.91 Å². The van der Waals surface area contributed by atoms with Gasteiger partial charge >= 0.3 is 0 Å². The Morgan fingerprint density at radius 1 is 0.607 bits per heavy atom. The molecular formula is C26H49NO. The number of unbranched alkanes of at least 4 members (excludes halogenated alkanes) is 10. The van der Waals surface area contributed by atoms with E-state index in [1.54, 1.807) is 0 Å². The highest BCUT2D eigenvalue weighted by atomic mass is 16.2. The Labute approximate surface area is 176 Å². The lowest BCUT2D eigenvalue weighted by Crippen LogP contribution is -2.32. The number of nitrogens with zero attached hydrogens (tertiary/aromatic N) is 1. The largest absolute Gasteiger partial charge is 0.343 e. The Morgan fingerprint density at radius 2 is 1.11 bits per heavy atom. The fourth-order valence-corrected chi connectivity index (χ4v) is 3.30. The predicted molar refractivity (Wildman–Crippen MR) is 126 cm³/mol. The van der Waals surface area contributed by atoms with Gasteiger partial charge in [-0.1, -0.05) is 90.0 Å². The van der Waals surface area contributed by atoms with Crippen LogP contribution >= 0.6 is 0 Å². The summed E-state index contributed by atoms with van der Waals surface area (Å²) in [4.78, 5) is 14.5. The van der Waals surface area contributed by atoms with Crippen LogP contribution in [0.2, 0.25) is 0 Å². The molecule has 0 N–H and O–H groups in total. The molecule has 0 atom stereocenters. The van der Waals surface area contributed by atoms with E-state index in [4.69, 9.17) is 0 Å². The van der Waals surface area contributed by atoms with Crippen molar-refractivity contribution in [3.8, 4) is 0 Å². The van der Waals surface area contributed by atoms with Crippen LogP contribution < -0.4 is 0 Å². The minimum Gasteiger partial charge on any atom is -0.343 e. The second kappa shape index (κ2) is 22.2. The molecule has 0 rings (SSSR count). The standard InChI is InChI=1S/C26H49NO/c1-4-7-10-11-12-13-14-15-16-17-18-19-20-21-22-23-26(28)27(24-8-5-2)25-9-6-3/h12-13,15-16H,4-11,14,17-25H2,1-3H3/b13-12-,16-15-. The van der Waals surface area contributed by atoms with Gasteiger partial charge in [0.05, 0.1) is 0 Å². The van der Waals surface area contributed by atoms with Crippen molar-refractivity contribution in [3.63, 3.8) is 0 Å². The van der Waals surface area contributed by atoms with Gasteiger partial charge in [0, 0.05) is 19.5 Å². The van der Waals surface area contributed by atoms with E-state index >= 15 is 0 Å². The van der Waals surface area contributed by atoms with Crippen molar-refractivity contribution in [2.75, 3.05) is 13.1 Å². The van der Waals surface area contributed by atoms with Crippen LogP contribution in [0.3, 0.4) is 0 Å². The molecule has 0 saturated carbocycles. The summed E-state index contributed by atoms with van der Waals surface area (Å²) in [6, 6.07) is 0. The first-order valence-corrected chi connectivity index (χ1v) is 12.3. The quantitative estimate of drug-likeness (QED) is 0.151. The molecule has 0 aromatic carbocycles. The summed E-state index contributed by atoms with van der Waals surface area (Å²) >= 11 is 0. The van der Waals surface area contributed by atoms with E-state index < -0.39 is 0 Å². The molecule has 0 aliphatic heterocycles. The topological polar surface area (TPSA) is 20.3 Å². The minimum absolute atomic E-state index is 0.382. The zero-order chi connectivity index (χ0) is 20.7. The average Bonchev–Trinajstić information content (AvgIpc) is 2.70. The third kappa shape index (κ3) is 18.3. The van der Waals surface area contributed by atoms with Crippen LogP contribution in [0.25, 0.3) is 0 Å². The SMILES string of the molecule is CCCCC/C=C\C/C=C\CCCCCCCC(=O)N(CCCC)CCCC. The van der Waals surface area contributed by atoms with E-state index in [2.05, 4.69) is 50.0 Å². The molecule has 2 nitrogen and oxygen atoms in total. The normalized spacial score (nSPS) is 11.7. The second-order valence-corrected chi connectivity index (χ2v) is 8.07. The van der Waals surface area contributed by atoms with Crippen molar-refractivity contribution < 1.29 is 4.79 Å². The summed E-state index contributed by atoms with van der Waals surface area (Å²) in [7, 11) is 0. The van der Waals surface area contributed by atoms with Crippen LogP contribution in [-0.4, -0.2) is 23.9 Å². The van der Waals surface area contributed by atoms with Crippen molar-refractivity contribution in [3.05, 3.63) is 24.3 Å². The first-order valence-electron chi connectivity index (χ1n) is 12.3. The second-order valence-electron chi connectivity index (χ2n) is 8.07. The van der Waals surface area contributed by atoms with Crippen molar-refractivity contribution in [1.29, 1.82) is 0 Å². The molecule has 0 aliphatic rings. The van der Waals surface area contributed by atoms with Crippen molar-refractivity contribution in [1.82, 2.24) is 4.90 Å². The van der Waals surface area contributed by atoms with E-state index in [1.165, 1.54) is 70.6 Å². The van der Waals surface area contributed by atoms with Crippen LogP contribution in [0.15, 0.2) is 24.3 Å². The van der Waals surface area contributed by atoms with Crippen molar-refractivity contribution >= 4 is 5.91 Å². The van der Waals surface area contributed by atoms with Gasteiger partial charge in [0.2, 0.25) is 5.91 Å². The Balaban J connectivity index is 3.58.